The first-order chi connectivity index (χ1) is 6.74. The van der Waals surface area contributed by atoms with Crippen LogP contribution in [0.3, 0.4) is 0 Å². The molecule has 0 saturated carbocycles. The van der Waals surface area contributed by atoms with Crippen LogP contribution in [-0.4, -0.2) is 47.5 Å². The van der Waals surface area contributed by atoms with Crippen LogP contribution in [0.1, 0.15) is 12.8 Å². The summed E-state index contributed by atoms with van der Waals surface area (Å²) in [5.41, 5.74) is 0. The molecule has 0 amide bonds. The molecule has 0 aliphatic carbocycles. The van der Waals surface area contributed by atoms with E-state index >= 15 is 0 Å². The highest BCUT2D eigenvalue weighted by Gasteiger charge is 2.06. The fraction of sp³-hybridized carbons (Fsp3) is 0.636. The minimum Gasteiger partial charge on any atom is -0.396 e. The molecule has 3 nitrogen and oxygen atoms in total. The van der Waals surface area contributed by atoms with Gasteiger partial charge in [0.25, 0.3) is 0 Å². The van der Waals surface area contributed by atoms with Crippen molar-refractivity contribution in [2.45, 2.75) is 18.9 Å². The largest absolute Gasteiger partial charge is 0.396 e. The molecule has 0 fully saturated rings. The van der Waals surface area contributed by atoms with Crippen LogP contribution in [0.25, 0.3) is 0 Å². The molecule has 0 aromatic carbocycles. The van der Waals surface area contributed by atoms with E-state index in [9.17, 15) is 5.11 Å². The average Bonchev–Trinajstić information content (AvgIpc) is 2.15. The quantitative estimate of drug-likeness (QED) is 0.540. The molecule has 0 bridgehead atoms. The topological polar surface area (TPSA) is 43.7 Å². The molecule has 0 rings (SSSR count). The molecule has 0 radical (unpaired) electrons. The lowest BCUT2D eigenvalue weighted by molar-refractivity contribution is 0.113. The van der Waals surface area contributed by atoms with E-state index in [-0.39, 0.29) is 6.61 Å². The maximum atomic E-state index is 9.40. The molecule has 0 saturated heterocycles. The van der Waals surface area contributed by atoms with Gasteiger partial charge in [0.15, 0.2) is 0 Å². The number of rotatable bonds is 9. The van der Waals surface area contributed by atoms with E-state index in [0.29, 0.717) is 12.8 Å². The SMILES string of the molecule is C=CCN(CC=C)CC[C@@H](O)CCO. The van der Waals surface area contributed by atoms with Gasteiger partial charge < -0.3 is 10.2 Å². The summed E-state index contributed by atoms with van der Waals surface area (Å²) >= 11 is 0. The van der Waals surface area contributed by atoms with Crippen LogP contribution in [0.2, 0.25) is 0 Å². The van der Waals surface area contributed by atoms with Gasteiger partial charge in [-0.2, -0.15) is 0 Å². The highest BCUT2D eigenvalue weighted by molar-refractivity contribution is 4.80. The van der Waals surface area contributed by atoms with Crippen molar-refractivity contribution < 1.29 is 10.2 Å². The average molecular weight is 199 g/mol. The second kappa shape index (κ2) is 8.94. The number of hydrogen-bond acceptors (Lipinski definition) is 3. The van der Waals surface area contributed by atoms with Crippen LogP contribution in [0.5, 0.6) is 0 Å². The third-order valence-corrected chi connectivity index (χ3v) is 2.02. The first-order valence-electron chi connectivity index (χ1n) is 4.97. The van der Waals surface area contributed by atoms with Gasteiger partial charge in [0.1, 0.15) is 0 Å². The van der Waals surface area contributed by atoms with E-state index in [1.165, 1.54) is 0 Å². The van der Waals surface area contributed by atoms with E-state index in [1.807, 2.05) is 12.2 Å². The predicted octanol–water partition coefficient (Wildman–Crippen LogP) is 0.794. The lowest BCUT2D eigenvalue weighted by Gasteiger charge is -2.20. The Morgan fingerprint density at radius 1 is 1.14 bits per heavy atom. The Hall–Kier alpha value is -0.640. The van der Waals surface area contributed by atoms with Crippen molar-refractivity contribution in [2.75, 3.05) is 26.2 Å². The smallest absolute Gasteiger partial charge is 0.0574 e. The summed E-state index contributed by atoms with van der Waals surface area (Å²) in [7, 11) is 0. The maximum absolute atomic E-state index is 9.40. The van der Waals surface area contributed by atoms with E-state index < -0.39 is 6.10 Å². The molecule has 0 spiro atoms. The summed E-state index contributed by atoms with van der Waals surface area (Å²) in [5, 5.41) is 18.0. The van der Waals surface area contributed by atoms with Crippen LogP contribution in [0.15, 0.2) is 25.3 Å². The Morgan fingerprint density at radius 3 is 2.14 bits per heavy atom. The van der Waals surface area contributed by atoms with Crippen molar-refractivity contribution in [3.05, 3.63) is 25.3 Å². The second-order valence-corrected chi connectivity index (χ2v) is 3.29. The molecular formula is C11H21NO2. The maximum Gasteiger partial charge on any atom is 0.0574 e. The Labute approximate surface area is 86.4 Å². The van der Waals surface area contributed by atoms with Gasteiger partial charge in [0.2, 0.25) is 0 Å². The third-order valence-electron chi connectivity index (χ3n) is 2.02. The first-order valence-corrected chi connectivity index (χ1v) is 4.97. The van der Waals surface area contributed by atoms with Gasteiger partial charge >= 0.3 is 0 Å². The summed E-state index contributed by atoms with van der Waals surface area (Å²) in [6, 6.07) is 0. The van der Waals surface area contributed by atoms with Gasteiger partial charge in [0.05, 0.1) is 6.10 Å². The fourth-order valence-electron chi connectivity index (χ4n) is 1.25. The van der Waals surface area contributed by atoms with Gasteiger partial charge in [-0.05, 0) is 12.8 Å². The van der Waals surface area contributed by atoms with Crippen LogP contribution < -0.4 is 0 Å². The fourth-order valence-corrected chi connectivity index (χ4v) is 1.25. The molecular weight excluding hydrogens is 178 g/mol. The molecule has 0 aromatic rings. The van der Waals surface area contributed by atoms with E-state index in [0.717, 1.165) is 19.6 Å². The Morgan fingerprint density at radius 2 is 1.71 bits per heavy atom. The van der Waals surface area contributed by atoms with E-state index in [4.69, 9.17) is 5.11 Å². The zero-order valence-electron chi connectivity index (χ0n) is 8.73. The molecule has 0 unspecified atom stereocenters. The molecule has 0 aliphatic rings. The highest BCUT2D eigenvalue weighted by Crippen LogP contribution is 2.00. The van der Waals surface area contributed by atoms with Crippen LogP contribution in [-0.2, 0) is 0 Å². The summed E-state index contributed by atoms with van der Waals surface area (Å²) in [4.78, 5) is 2.14. The lowest BCUT2D eigenvalue weighted by atomic mass is 10.2. The number of aliphatic hydroxyl groups excluding tert-OH is 2. The molecule has 3 heteroatoms. The molecule has 1 atom stereocenters. The van der Waals surface area contributed by atoms with Crippen molar-refractivity contribution in [3.63, 3.8) is 0 Å². The summed E-state index contributed by atoms with van der Waals surface area (Å²) in [6.07, 6.45) is 4.40. The van der Waals surface area contributed by atoms with Gasteiger partial charge in [-0.1, -0.05) is 12.2 Å². The third kappa shape index (κ3) is 6.83. The van der Waals surface area contributed by atoms with E-state index in [2.05, 4.69) is 18.1 Å². The molecule has 14 heavy (non-hydrogen) atoms. The van der Waals surface area contributed by atoms with Gasteiger partial charge in [-0.3, -0.25) is 4.90 Å². The molecule has 0 heterocycles. The Balaban J connectivity index is 3.67. The minimum absolute atomic E-state index is 0.0457. The standard InChI is InChI=1S/C11H21NO2/c1-3-7-12(8-4-2)9-5-11(14)6-10-13/h3-4,11,13-14H,1-2,5-10H2/t11-/m1/s1. The van der Waals surface area contributed by atoms with Crippen molar-refractivity contribution >= 4 is 0 Å². The zero-order chi connectivity index (χ0) is 10.8. The molecule has 82 valence electrons. The van der Waals surface area contributed by atoms with Crippen molar-refractivity contribution in [2.24, 2.45) is 0 Å². The van der Waals surface area contributed by atoms with Crippen molar-refractivity contribution in [3.8, 4) is 0 Å². The molecule has 0 aliphatic heterocycles. The van der Waals surface area contributed by atoms with Crippen LogP contribution in [0, 0.1) is 0 Å². The minimum atomic E-state index is -0.405. The summed E-state index contributed by atoms with van der Waals surface area (Å²) in [6.45, 7) is 9.79. The predicted molar refractivity (Wildman–Crippen MR) is 59.2 cm³/mol. The second-order valence-electron chi connectivity index (χ2n) is 3.29. The van der Waals surface area contributed by atoms with Gasteiger partial charge in [-0.25, -0.2) is 0 Å². The lowest BCUT2D eigenvalue weighted by Crippen LogP contribution is -2.28. The van der Waals surface area contributed by atoms with Gasteiger partial charge in [0, 0.05) is 26.2 Å². The van der Waals surface area contributed by atoms with Crippen molar-refractivity contribution in [1.29, 1.82) is 0 Å². The van der Waals surface area contributed by atoms with Crippen LogP contribution in [0.4, 0.5) is 0 Å². The normalized spacial score (nSPS) is 12.8. The molecule has 0 aromatic heterocycles. The number of nitrogens with zero attached hydrogens (tertiary/aromatic N) is 1. The Kier molecular flexibility index (Phi) is 8.53. The van der Waals surface area contributed by atoms with Crippen molar-refractivity contribution in [1.82, 2.24) is 4.90 Å². The Bertz CT molecular complexity index is 149. The zero-order valence-corrected chi connectivity index (χ0v) is 8.73. The first kappa shape index (κ1) is 13.4. The highest BCUT2D eigenvalue weighted by atomic mass is 16.3. The monoisotopic (exact) mass is 199 g/mol. The number of aliphatic hydroxyl groups is 2. The van der Waals surface area contributed by atoms with Gasteiger partial charge in [-0.15, -0.1) is 13.2 Å². The summed E-state index contributed by atoms with van der Waals surface area (Å²) < 4.78 is 0. The molecule has 2 N–H and O–H groups in total. The number of hydrogen-bond donors (Lipinski definition) is 2. The van der Waals surface area contributed by atoms with E-state index in [1.54, 1.807) is 0 Å². The van der Waals surface area contributed by atoms with Crippen LogP contribution >= 0.6 is 0 Å². The summed E-state index contributed by atoms with van der Waals surface area (Å²) in [5.74, 6) is 0.